The molecule has 1 aliphatic heterocycles. The van der Waals surface area contributed by atoms with Gasteiger partial charge in [0.05, 0.1) is 5.69 Å². The number of hydrogen-bond acceptors (Lipinski definition) is 3. The number of imidazole rings is 1. The third-order valence-electron chi connectivity index (χ3n) is 3.96. The molecule has 0 radical (unpaired) electrons. The topological polar surface area (TPSA) is 59.0 Å². The van der Waals surface area contributed by atoms with E-state index >= 15 is 0 Å². The number of carbonyl (C=O) groups is 1. The number of nitrogens with one attached hydrogen (secondary N) is 2. The molecule has 5 heteroatoms. The molecule has 104 valence electrons. The van der Waals surface area contributed by atoms with Gasteiger partial charge in [0.25, 0.3) is 0 Å². The van der Waals surface area contributed by atoms with Gasteiger partial charge in [-0.25, -0.2) is 4.98 Å². The van der Waals surface area contributed by atoms with Crippen molar-refractivity contribution < 1.29 is 4.79 Å². The molecule has 0 saturated heterocycles. The second kappa shape index (κ2) is 5.33. The van der Waals surface area contributed by atoms with E-state index in [2.05, 4.69) is 22.1 Å². The minimum atomic E-state index is 0.230. The molecule has 0 bridgehead atoms. The summed E-state index contributed by atoms with van der Waals surface area (Å²) in [6.07, 6.45) is 4.12. The third-order valence-corrected chi connectivity index (χ3v) is 3.96. The Bertz CT molecular complexity index is 476. The summed E-state index contributed by atoms with van der Waals surface area (Å²) in [6, 6.07) is 0. The summed E-state index contributed by atoms with van der Waals surface area (Å²) in [4.78, 5) is 16.3. The van der Waals surface area contributed by atoms with Crippen LogP contribution in [0, 0.1) is 5.92 Å². The van der Waals surface area contributed by atoms with Crippen LogP contribution in [0.4, 0.5) is 0 Å². The summed E-state index contributed by atoms with van der Waals surface area (Å²) >= 11 is 0. The average Bonchev–Trinajstić information content (AvgIpc) is 3.22. The largest absolute Gasteiger partial charge is 0.354 e. The smallest absolute Gasteiger partial charge is 0.223 e. The predicted octanol–water partition coefficient (Wildman–Crippen LogP) is 0.617. The van der Waals surface area contributed by atoms with E-state index in [9.17, 15) is 4.79 Å². The van der Waals surface area contributed by atoms with Gasteiger partial charge in [0.2, 0.25) is 5.91 Å². The lowest BCUT2D eigenvalue weighted by molar-refractivity contribution is -0.122. The zero-order chi connectivity index (χ0) is 13.2. The Kier molecular flexibility index (Phi) is 3.55. The minimum Gasteiger partial charge on any atom is -0.354 e. The minimum absolute atomic E-state index is 0.230. The quantitative estimate of drug-likeness (QED) is 0.818. The van der Waals surface area contributed by atoms with Gasteiger partial charge in [-0.2, -0.15) is 0 Å². The van der Waals surface area contributed by atoms with Crippen molar-refractivity contribution in [1.29, 1.82) is 0 Å². The summed E-state index contributed by atoms with van der Waals surface area (Å²) in [5, 5.41) is 6.40. The fourth-order valence-electron chi connectivity index (χ4n) is 2.74. The third kappa shape index (κ3) is 2.66. The van der Waals surface area contributed by atoms with Gasteiger partial charge in [-0.3, -0.25) is 4.79 Å². The molecule has 0 atom stereocenters. The molecular weight excluding hydrogens is 240 g/mol. The first-order valence-electron chi connectivity index (χ1n) is 7.35. The maximum Gasteiger partial charge on any atom is 0.223 e. The van der Waals surface area contributed by atoms with Crippen molar-refractivity contribution in [3.8, 4) is 0 Å². The van der Waals surface area contributed by atoms with E-state index in [-0.39, 0.29) is 5.91 Å². The van der Waals surface area contributed by atoms with Crippen LogP contribution in [0.15, 0.2) is 0 Å². The lowest BCUT2D eigenvalue weighted by Gasteiger charge is -2.16. The molecule has 2 aliphatic rings. The Balaban J connectivity index is 1.65. The predicted molar refractivity (Wildman–Crippen MR) is 72.7 cm³/mol. The second-order valence-electron chi connectivity index (χ2n) is 5.42. The van der Waals surface area contributed by atoms with Crippen LogP contribution in [-0.4, -0.2) is 28.5 Å². The molecule has 0 spiro atoms. The molecule has 0 unspecified atom stereocenters. The van der Waals surface area contributed by atoms with E-state index in [0.29, 0.717) is 5.92 Å². The molecule has 1 amide bonds. The van der Waals surface area contributed by atoms with Gasteiger partial charge in [-0.15, -0.1) is 0 Å². The molecule has 19 heavy (non-hydrogen) atoms. The molecule has 1 aromatic heterocycles. The monoisotopic (exact) mass is 262 g/mol. The second-order valence-corrected chi connectivity index (χ2v) is 5.42. The molecule has 5 nitrogen and oxygen atoms in total. The lowest BCUT2D eigenvalue weighted by Crippen LogP contribution is -2.30. The normalized spacial score (nSPS) is 18.2. The van der Waals surface area contributed by atoms with Crippen LogP contribution in [0.5, 0.6) is 0 Å². The van der Waals surface area contributed by atoms with E-state index < -0.39 is 0 Å². The Morgan fingerprint density at radius 2 is 2.37 bits per heavy atom. The van der Waals surface area contributed by atoms with Crippen LogP contribution < -0.4 is 10.6 Å². The summed E-state index contributed by atoms with van der Waals surface area (Å²) < 4.78 is 2.31. The van der Waals surface area contributed by atoms with Crippen molar-refractivity contribution in [3.63, 3.8) is 0 Å². The van der Waals surface area contributed by atoms with Gasteiger partial charge < -0.3 is 15.2 Å². The van der Waals surface area contributed by atoms with Gasteiger partial charge in [-0.05, 0) is 12.8 Å². The standard InChI is InChI=1S/C14H22N4O/c1-2-13-17-11-9-15-6-5-12(11)18(13)8-7-16-14(19)10-3-4-10/h10,15H,2-9H2,1H3,(H,16,19). The van der Waals surface area contributed by atoms with Gasteiger partial charge in [0.1, 0.15) is 5.82 Å². The van der Waals surface area contributed by atoms with E-state index in [0.717, 1.165) is 57.7 Å². The first kappa shape index (κ1) is 12.7. The maximum atomic E-state index is 11.6. The highest BCUT2D eigenvalue weighted by Gasteiger charge is 2.29. The van der Waals surface area contributed by atoms with Crippen molar-refractivity contribution in [1.82, 2.24) is 20.2 Å². The zero-order valence-corrected chi connectivity index (χ0v) is 11.5. The number of fused-ring (bicyclic) bond motifs is 1. The van der Waals surface area contributed by atoms with E-state index in [1.807, 2.05) is 0 Å². The average molecular weight is 262 g/mol. The zero-order valence-electron chi connectivity index (χ0n) is 11.5. The van der Waals surface area contributed by atoms with E-state index in [4.69, 9.17) is 4.98 Å². The summed E-state index contributed by atoms with van der Waals surface area (Å²) in [7, 11) is 0. The number of aryl methyl sites for hydroxylation is 1. The maximum absolute atomic E-state index is 11.6. The fraction of sp³-hybridized carbons (Fsp3) is 0.714. The number of carbonyl (C=O) groups excluding carboxylic acids is 1. The first-order chi connectivity index (χ1) is 9.29. The molecule has 0 aromatic carbocycles. The van der Waals surface area contributed by atoms with Gasteiger partial charge in [0.15, 0.2) is 0 Å². The number of rotatable bonds is 5. The molecule has 1 fully saturated rings. The molecular formula is C14H22N4O. The van der Waals surface area contributed by atoms with Crippen LogP contribution in [0.2, 0.25) is 0 Å². The number of nitrogens with zero attached hydrogens (tertiary/aromatic N) is 2. The first-order valence-corrected chi connectivity index (χ1v) is 7.35. The SMILES string of the molecule is CCc1nc2c(n1CCNC(=O)C1CC1)CCNC2. The van der Waals surface area contributed by atoms with Crippen LogP contribution in [0.25, 0.3) is 0 Å². The Morgan fingerprint density at radius 3 is 3.11 bits per heavy atom. The summed E-state index contributed by atoms with van der Waals surface area (Å²) in [5.41, 5.74) is 2.55. The Morgan fingerprint density at radius 1 is 1.53 bits per heavy atom. The molecule has 3 rings (SSSR count). The van der Waals surface area contributed by atoms with Crippen LogP contribution in [0.1, 0.15) is 37.0 Å². The van der Waals surface area contributed by atoms with E-state index in [1.165, 1.54) is 11.4 Å². The Hall–Kier alpha value is -1.36. The fourth-order valence-corrected chi connectivity index (χ4v) is 2.74. The highest BCUT2D eigenvalue weighted by Crippen LogP contribution is 2.28. The van der Waals surface area contributed by atoms with Crippen molar-refractivity contribution in [2.75, 3.05) is 13.1 Å². The van der Waals surface area contributed by atoms with Crippen LogP contribution >= 0.6 is 0 Å². The summed E-state index contributed by atoms with van der Waals surface area (Å²) in [5.74, 6) is 1.68. The van der Waals surface area contributed by atoms with Gasteiger partial charge in [-0.1, -0.05) is 6.92 Å². The van der Waals surface area contributed by atoms with Gasteiger partial charge in [0, 0.05) is 50.6 Å². The van der Waals surface area contributed by atoms with E-state index in [1.54, 1.807) is 0 Å². The number of amides is 1. The van der Waals surface area contributed by atoms with Crippen molar-refractivity contribution in [2.24, 2.45) is 5.92 Å². The van der Waals surface area contributed by atoms with Crippen molar-refractivity contribution in [2.45, 2.75) is 45.7 Å². The highest BCUT2D eigenvalue weighted by molar-refractivity contribution is 5.80. The molecule has 2 N–H and O–H groups in total. The molecule has 2 heterocycles. The van der Waals surface area contributed by atoms with Crippen molar-refractivity contribution >= 4 is 5.91 Å². The molecule has 1 saturated carbocycles. The van der Waals surface area contributed by atoms with Gasteiger partial charge >= 0.3 is 0 Å². The van der Waals surface area contributed by atoms with Crippen LogP contribution in [0.3, 0.4) is 0 Å². The lowest BCUT2D eigenvalue weighted by atomic mass is 10.2. The molecule has 1 aliphatic carbocycles. The number of aromatic nitrogens is 2. The molecule has 1 aromatic rings. The van der Waals surface area contributed by atoms with Crippen molar-refractivity contribution in [3.05, 3.63) is 17.2 Å². The van der Waals surface area contributed by atoms with Crippen LogP contribution in [-0.2, 0) is 30.7 Å². The summed E-state index contributed by atoms with van der Waals surface area (Å²) in [6.45, 7) is 5.61. The number of hydrogen-bond donors (Lipinski definition) is 2. The highest BCUT2D eigenvalue weighted by atomic mass is 16.2. The Labute approximate surface area is 113 Å².